The highest BCUT2D eigenvalue weighted by molar-refractivity contribution is 14.1. The Morgan fingerprint density at radius 2 is 1.76 bits per heavy atom. The Labute approximate surface area is 206 Å². The fourth-order valence-corrected chi connectivity index (χ4v) is 5.64. The molecule has 0 unspecified atom stereocenters. The van der Waals surface area contributed by atoms with E-state index in [4.69, 9.17) is 0 Å². The first-order chi connectivity index (χ1) is 15.4. The van der Waals surface area contributed by atoms with E-state index < -0.39 is 53.7 Å². The Morgan fingerprint density at radius 1 is 1.18 bits per heavy atom. The third kappa shape index (κ3) is 4.80. The van der Waals surface area contributed by atoms with Crippen LogP contribution in [-0.4, -0.2) is 40.6 Å². The summed E-state index contributed by atoms with van der Waals surface area (Å²) in [5, 5.41) is 13.7. The van der Waals surface area contributed by atoms with Crippen molar-refractivity contribution in [2.45, 2.75) is 59.7 Å². The second-order valence-electron chi connectivity index (χ2n) is 8.49. The summed E-state index contributed by atoms with van der Waals surface area (Å²) in [5.74, 6) is -1.15. The number of benzene rings is 1. The molecular weight excluding hydrogens is 600 g/mol. The number of aromatic nitrogens is 2. The molecule has 7 nitrogen and oxygen atoms in total. The highest BCUT2D eigenvalue weighted by Gasteiger charge is 2.41. The van der Waals surface area contributed by atoms with Crippen molar-refractivity contribution in [3.8, 4) is 0 Å². The quantitative estimate of drug-likeness (QED) is 0.282. The maximum atomic E-state index is 13.9. The first-order valence-electron chi connectivity index (χ1n) is 9.96. The molecule has 1 aromatic carbocycles. The number of hydrogen-bond acceptors (Lipinski definition) is 4. The molecule has 3 rings (SSSR count). The van der Waals surface area contributed by atoms with Gasteiger partial charge in [-0.05, 0) is 51.3 Å². The average Bonchev–Trinajstić information content (AvgIpc) is 3.16. The number of hydrogen-bond donors (Lipinski definition) is 1. The Morgan fingerprint density at radius 3 is 2.29 bits per heavy atom. The minimum Gasteiger partial charge on any atom is -0.479 e. The molecule has 0 radical (unpaired) electrons. The van der Waals surface area contributed by atoms with E-state index in [0.717, 1.165) is 11.4 Å². The van der Waals surface area contributed by atoms with Crippen molar-refractivity contribution in [1.82, 2.24) is 14.1 Å². The molecule has 1 heterocycles. The average molecular weight is 621 g/mol. The molecule has 0 bridgehead atoms. The smallest absolute Gasteiger partial charge is 0.416 e. The molecule has 1 aromatic heterocycles. The molecule has 1 aliphatic carbocycles. The lowest BCUT2D eigenvalue weighted by Gasteiger charge is -2.32. The van der Waals surface area contributed by atoms with Crippen molar-refractivity contribution in [2.24, 2.45) is 0 Å². The van der Waals surface area contributed by atoms with Crippen LogP contribution in [0.25, 0.3) is 0 Å². The second-order valence-corrected chi connectivity index (χ2v) is 11.8. The molecular formula is C20H21F5IN3O4S. The van der Waals surface area contributed by atoms with E-state index in [1.54, 1.807) is 0 Å². The molecule has 0 spiro atoms. The van der Waals surface area contributed by atoms with Gasteiger partial charge in [0.25, 0.3) is 0 Å². The van der Waals surface area contributed by atoms with Crippen molar-refractivity contribution < 1.29 is 40.3 Å². The highest BCUT2D eigenvalue weighted by Crippen LogP contribution is 2.42. The van der Waals surface area contributed by atoms with Crippen LogP contribution >= 0.6 is 22.6 Å². The van der Waals surface area contributed by atoms with Gasteiger partial charge in [-0.25, -0.2) is 13.2 Å². The van der Waals surface area contributed by atoms with Gasteiger partial charge < -0.3 is 5.11 Å². The van der Waals surface area contributed by atoms with E-state index in [9.17, 15) is 40.3 Å². The number of aliphatic carboxylic acids is 1. The molecule has 2 aromatic rings. The van der Waals surface area contributed by atoms with Crippen LogP contribution in [-0.2, 0) is 36.9 Å². The first kappa shape index (κ1) is 26.8. The van der Waals surface area contributed by atoms with Crippen molar-refractivity contribution in [1.29, 1.82) is 0 Å². The van der Waals surface area contributed by atoms with Gasteiger partial charge in [0.05, 0.1) is 22.7 Å². The van der Waals surface area contributed by atoms with Gasteiger partial charge in [0.2, 0.25) is 10.0 Å². The summed E-state index contributed by atoms with van der Waals surface area (Å²) in [4.78, 5) is 10.8. The number of sulfonamides is 1. The Hall–Kier alpha value is -1.81. The number of nitrogens with zero attached hydrogens (tertiary/aromatic N) is 3. The van der Waals surface area contributed by atoms with Crippen LogP contribution in [0.2, 0.25) is 0 Å². The zero-order valence-electron chi connectivity index (χ0n) is 18.2. The van der Waals surface area contributed by atoms with E-state index in [0.29, 0.717) is 58.8 Å². The predicted octanol–water partition coefficient (Wildman–Crippen LogP) is 4.90. The Bertz CT molecular complexity index is 1190. The molecule has 188 valence electrons. The van der Waals surface area contributed by atoms with Gasteiger partial charge in [-0.2, -0.15) is 31.4 Å². The van der Waals surface area contributed by atoms with Crippen LogP contribution in [0.5, 0.6) is 0 Å². The number of rotatable bonds is 6. The second kappa shape index (κ2) is 8.69. The maximum absolute atomic E-state index is 13.9. The lowest BCUT2D eigenvalue weighted by molar-refractivity contribution is -0.146. The van der Waals surface area contributed by atoms with Gasteiger partial charge in [0.1, 0.15) is 0 Å². The molecule has 0 saturated heterocycles. The SMILES string of the molecule is CN([C@@H]1CCCc2c1cnn2C(C)(C)C(=O)O)S(=O)(=O)c1cc(C(F)(F)F)cc(C(F)(F)I)c1. The third-order valence-electron chi connectivity index (χ3n) is 5.88. The molecule has 1 aliphatic rings. The zero-order chi connectivity index (χ0) is 25.9. The Kier molecular flexibility index (Phi) is 6.85. The molecule has 0 aliphatic heterocycles. The topological polar surface area (TPSA) is 92.5 Å². The molecule has 0 amide bonds. The monoisotopic (exact) mass is 621 g/mol. The minimum absolute atomic E-state index is 0.224. The number of fused-ring (bicyclic) bond motifs is 1. The van der Waals surface area contributed by atoms with Crippen LogP contribution in [0.15, 0.2) is 29.3 Å². The standard InChI is InChI=1S/C20H21F5IN3O4S/c1-18(2,17(30)31)29-16-6-4-5-15(14(16)10-27-29)28(3)34(32,33)13-8-11(19(21,22)23)7-12(9-13)20(24,25)26/h7-10,15H,4-6H2,1-3H3,(H,30,31)/t15-/m1/s1. The van der Waals surface area contributed by atoms with Gasteiger partial charge in [0, 0.05) is 46.5 Å². The zero-order valence-corrected chi connectivity index (χ0v) is 21.2. The Balaban J connectivity index is 2.10. The van der Waals surface area contributed by atoms with Crippen LogP contribution in [0.4, 0.5) is 22.0 Å². The molecule has 34 heavy (non-hydrogen) atoms. The first-order valence-corrected chi connectivity index (χ1v) is 12.5. The van der Waals surface area contributed by atoms with Crippen molar-refractivity contribution in [3.63, 3.8) is 0 Å². The molecule has 0 fully saturated rings. The largest absolute Gasteiger partial charge is 0.479 e. The summed E-state index contributed by atoms with van der Waals surface area (Å²) >= 11 is 0.640. The van der Waals surface area contributed by atoms with Gasteiger partial charge in [0.15, 0.2) is 5.54 Å². The van der Waals surface area contributed by atoms with Crippen molar-refractivity contribution in [2.75, 3.05) is 7.05 Å². The molecule has 1 atom stereocenters. The van der Waals surface area contributed by atoms with Gasteiger partial charge in [-0.3, -0.25) is 4.68 Å². The third-order valence-corrected chi connectivity index (χ3v) is 8.35. The van der Waals surface area contributed by atoms with Crippen LogP contribution in [0.1, 0.15) is 55.1 Å². The van der Waals surface area contributed by atoms with E-state index in [1.165, 1.54) is 24.7 Å². The number of carboxylic acid groups (broad SMARTS) is 1. The predicted molar refractivity (Wildman–Crippen MR) is 119 cm³/mol. The maximum Gasteiger partial charge on any atom is 0.416 e. The molecule has 14 heteroatoms. The highest BCUT2D eigenvalue weighted by atomic mass is 127. The number of halogens is 6. The lowest BCUT2D eigenvalue weighted by Crippen LogP contribution is -2.39. The van der Waals surface area contributed by atoms with Crippen LogP contribution in [0, 0.1) is 0 Å². The van der Waals surface area contributed by atoms with E-state index in [-0.39, 0.29) is 12.5 Å². The molecule has 1 N–H and O–H groups in total. The van der Waals surface area contributed by atoms with Crippen molar-refractivity contribution >= 4 is 38.6 Å². The number of alkyl halides is 6. The summed E-state index contributed by atoms with van der Waals surface area (Å²) in [6.07, 6.45) is -2.53. The summed E-state index contributed by atoms with van der Waals surface area (Å²) in [5.41, 5.74) is -3.11. The summed E-state index contributed by atoms with van der Waals surface area (Å²) in [6, 6.07) is 0.222. The van der Waals surface area contributed by atoms with E-state index >= 15 is 0 Å². The van der Waals surface area contributed by atoms with Gasteiger partial charge in [-0.15, -0.1) is 0 Å². The lowest BCUT2D eigenvalue weighted by atomic mass is 9.92. The number of carboxylic acids is 1. The van der Waals surface area contributed by atoms with Crippen LogP contribution in [0.3, 0.4) is 0 Å². The minimum atomic E-state index is -5.04. The fourth-order valence-electron chi connectivity index (χ4n) is 3.89. The van der Waals surface area contributed by atoms with Crippen LogP contribution < -0.4 is 0 Å². The van der Waals surface area contributed by atoms with Gasteiger partial charge >= 0.3 is 16.1 Å². The van der Waals surface area contributed by atoms with Crippen molar-refractivity contribution in [3.05, 3.63) is 46.8 Å². The van der Waals surface area contributed by atoms with E-state index in [2.05, 4.69) is 5.10 Å². The summed E-state index contributed by atoms with van der Waals surface area (Å²) in [6.45, 7) is 2.86. The fraction of sp³-hybridized carbons (Fsp3) is 0.500. The van der Waals surface area contributed by atoms with E-state index in [1.807, 2.05) is 0 Å². The normalized spacial score (nSPS) is 17.6. The van der Waals surface area contributed by atoms with Gasteiger partial charge in [-0.1, -0.05) is 0 Å². The number of carbonyl (C=O) groups is 1. The summed E-state index contributed by atoms with van der Waals surface area (Å²) < 4.78 is 92.8. The summed E-state index contributed by atoms with van der Waals surface area (Å²) in [7, 11) is -3.50. The molecule has 0 saturated carbocycles.